The van der Waals surface area contributed by atoms with Crippen LogP contribution in [0.4, 0.5) is 13.2 Å². The molecular formula is C24H32F3N3O3Si. The molecule has 34 heavy (non-hydrogen) atoms. The maximum atomic E-state index is 13.7. The number of carbonyl (C=O) groups is 1. The maximum absolute atomic E-state index is 13.7. The fraction of sp³-hybridized carbons (Fsp3) is 0.542. The van der Waals surface area contributed by atoms with Gasteiger partial charge in [0.2, 0.25) is 0 Å². The molecule has 0 amide bonds. The van der Waals surface area contributed by atoms with Gasteiger partial charge in [0.1, 0.15) is 5.56 Å². The Hall–Kier alpha value is -2.46. The molecule has 10 heteroatoms. The molecule has 2 heterocycles. The van der Waals surface area contributed by atoms with E-state index in [1.807, 2.05) is 0 Å². The molecule has 1 N–H and O–H groups in total. The summed E-state index contributed by atoms with van der Waals surface area (Å²) in [6, 6.07) is 4.80. The molecule has 0 aromatic carbocycles. The number of halogens is 3. The van der Waals surface area contributed by atoms with E-state index >= 15 is 0 Å². The molecule has 1 unspecified atom stereocenters. The van der Waals surface area contributed by atoms with Crippen LogP contribution in [0.2, 0.25) is 18.1 Å². The smallest absolute Gasteiger partial charge is 0.434 e. The van der Waals surface area contributed by atoms with E-state index in [4.69, 9.17) is 4.43 Å². The molecule has 0 saturated heterocycles. The van der Waals surface area contributed by atoms with Crippen molar-refractivity contribution in [2.45, 2.75) is 71.3 Å². The van der Waals surface area contributed by atoms with Gasteiger partial charge in [-0.05, 0) is 66.6 Å². The first-order valence-electron chi connectivity index (χ1n) is 11.3. The van der Waals surface area contributed by atoms with Crippen LogP contribution in [0, 0.1) is 5.92 Å². The van der Waals surface area contributed by atoms with Crippen LogP contribution in [-0.4, -0.2) is 40.8 Å². The zero-order valence-electron chi connectivity index (χ0n) is 20.5. The summed E-state index contributed by atoms with van der Waals surface area (Å²) in [4.78, 5) is 15.8. The summed E-state index contributed by atoms with van der Waals surface area (Å²) in [5.74, 6) is -1.36. The van der Waals surface area contributed by atoms with Gasteiger partial charge in [-0.2, -0.15) is 18.3 Å². The average Bonchev–Trinajstić information content (AvgIpc) is 3.18. The van der Waals surface area contributed by atoms with E-state index in [9.17, 15) is 23.1 Å². The largest absolute Gasteiger partial charge is 0.478 e. The van der Waals surface area contributed by atoms with E-state index < -0.39 is 31.7 Å². The number of aromatic nitrogens is 3. The highest BCUT2D eigenvalue weighted by molar-refractivity contribution is 6.74. The van der Waals surface area contributed by atoms with Crippen LogP contribution < -0.4 is 0 Å². The second-order valence-electron chi connectivity index (χ2n) is 10.5. The van der Waals surface area contributed by atoms with Crippen molar-refractivity contribution in [1.82, 2.24) is 14.8 Å². The first-order valence-corrected chi connectivity index (χ1v) is 14.2. The lowest BCUT2D eigenvalue weighted by molar-refractivity contribution is -0.143. The number of allylic oxidation sites excluding steroid dienone is 1. The number of hydrogen-bond donors (Lipinski definition) is 1. The molecule has 0 saturated carbocycles. The van der Waals surface area contributed by atoms with Crippen molar-refractivity contribution in [2.24, 2.45) is 5.92 Å². The average molecular weight is 496 g/mol. The highest BCUT2D eigenvalue weighted by atomic mass is 28.4. The van der Waals surface area contributed by atoms with Gasteiger partial charge in [0.05, 0.1) is 18.5 Å². The van der Waals surface area contributed by atoms with Crippen molar-refractivity contribution in [2.75, 3.05) is 6.61 Å². The van der Waals surface area contributed by atoms with Crippen molar-refractivity contribution in [1.29, 1.82) is 0 Å². The van der Waals surface area contributed by atoms with Crippen LogP contribution >= 0.6 is 0 Å². The number of hydrogen-bond acceptors (Lipinski definition) is 4. The molecule has 3 rings (SSSR count). The van der Waals surface area contributed by atoms with Crippen molar-refractivity contribution in [3.63, 3.8) is 0 Å². The van der Waals surface area contributed by atoms with Crippen LogP contribution in [0.5, 0.6) is 0 Å². The van der Waals surface area contributed by atoms with Gasteiger partial charge < -0.3 is 9.53 Å². The van der Waals surface area contributed by atoms with E-state index in [2.05, 4.69) is 50.9 Å². The van der Waals surface area contributed by atoms with Gasteiger partial charge in [-0.15, -0.1) is 0 Å². The number of pyridine rings is 1. The quantitative estimate of drug-likeness (QED) is 0.458. The van der Waals surface area contributed by atoms with Gasteiger partial charge >= 0.3 is 12.1 Å². The minimum absolute atomic E-state index is 0.0593. The Balaban J connectivity index is 2.04. The Morgan fingerprint density at radius 1 is 1.26 bits per heavy atom. The Kier molecular flexibility index (Phi) is 7.15. The summed E-state index contributed by atoms with van der Waals surface area (Å²) >= 11 is 0. The number of aromatic carboxylic acids is 1. The molecule has 2 aromatic rings. The summed E-state index contributed by atoms with van der Waals surface area (Å²) in [7, 11) is -1.99. The number of carboxylic acids is 1. The summed E-state index contributed by atoms with van der Waals surface area (Å²) < 4.78 is 48.1. The summed E-state index contributed by atoms with van der Waals surface area (Å²) in [5, 5.41) is 13.0. The molecular weight excluding hydrogens is 463 g/mol. The fourth-order valence-electron chi connectivity index (χ4n) is 3.76. The topological polar surface area (TPSA) is 77.2 Å². The third kappa shape index (κ3) is 5.43. The molecule has 0 aliphatic heterocycles. The van der Waals surface area contributed by atoms with Crippen LogP contribution in [0.15, 0.2) is 30.0 Å². The molecule has 186 valence electrons. The molecule has 0 radical (unpaired) electrons. The predicted molar refractivity (Wildman–Crippen MR) is 126 cm³/mol. The molecule has 2 aromatic heterocycles. The van der Waals surface area contributed by atoms with Crippen LogP contribution in [0.1, 0.15) is 68.7 Å². The van der Waals surface area contributed by atoms with Gasteiger partial charge in [0.25, 0.3) is 0 Å². The SMILES string of the molecule is CC1CCC(CO[Si](C)(C)C(C)(C)C)=C(c2cccc(-n3ncc(C(=O)O)c3C(F)(F)F)n2)C1. The Morgan fingerprint density at radius 3 is 2.53 bits per heavy atom. The Labute approximate surface area is 199 Å². The fourth-order valence-corrected chi connectivity index (χ4v) is 4.72. The molecule has 1 aliphatic carbocycles. The van der Waals surface area contributed by atoms with E-state index in [1.54, 1.807) is 12.1 Å². The molecule has 0 spiro atoms. The normalized spacial score (nSPS) is 17.9. The van der Waals surface area contributed by atoms with Gasteiger partial charge in [-0.3, -0.25) is 0 Å². The lowest BCUT2D eigenvalue weighted by Crippen LogP contribution is -2.41. The summed E-state index contributed by atoms with van der Waals surface area (Å²) in [6.45, 7) is 13.5. The monoisotopic (exact) mass is 495 g/mol. The van der Waals surface area contributed by atoms with Crippen LogP contribution in [0.3, 0.4) is 0 Å². The van der Waals surface area contributed by atoms with E-state index in [0.29, 0.717) is 29.1 Å². The van der Waals surface area contributed by atoms with Gasteiger partial charge in [-0.25, -0.2) is 14.5 Å². The van der Waals surface area contributed by atoms with Crippen LogP contribution in [0.25, 0.3) is 11.4 Å². The Bertz CT molecular complexity index is 1100. The van der Waals surface area contributed by atoms with Gasteiger partial charge in [0.15, 0.2) is 19.8 Å². The zero-order chi connectivity index (χ0) is 25.5. The molecule has 1 atom stereocenters. The summed E-state index contributed by atoms with van der Waals surface area (Å²) in [6.07, 6.45) is -1.59. The molecule has 6 nitrogen and oxygen atoms in total. The van der Waals surface area contributed by atoms with Crippen molar-refractivity contribution in [3.8, 4) is 5.82 Å². The maximum Gasteiger partial charge on any atom is 0.434 e. The van der Waals surface area contributed by atoms with Crippen molar-refractivity contribution >= 4 is 19.9 Å². The second-order valence-corrected chi connectivity index (χ2v) is 15.3. The highest BCUT2D eigenvalue weighted by Crippen LogP contribution is 2.40. The summed E-state index contributed by atoms with van der Waals surface area (Å²) in [5.41, 5.74) is 0.415. The van der Waals surface area contributed by atoms with Gasteiger partial charge in [0, 0.05) is 0 Å². The Morgan fingerprint density at radius 2 is 1.94 bits per heavy atom. The molecule has 0 fully saturated rings. The first kappa shape index (κ1) is 26.1. The lowest BCUT2D eigenvalue weighted by atomic mass is 9.83. The van der Waals surface area contributed by atoms with E-state index in [-0.39, 0.29) is 10.9 Å². The predicted octanol–water partition coefficient (Wildman–Crippen LogP) is 6.58. The minimum Gasteiger partial charge on any atom is -0.478 e. The first-order chi connectivity index (χ1) is 15.6. The number of rotatable bonds is 6. The van der Waals surface area contributed by atoms with E-state index in [0.717, 1.165) is 30.4 Å². The number of carboxylic acid groups (broad SMARTS) is 1. The highest BCUT2D eigenvalue weighted by Gasteiger charge is 2.41. The standard InChI is InChI=1S/C24H32F3N3O3Si/c1-15-10-11-16(14-33-34(5,6)23(2,3)4)17(12-15)19-8-7-9-20(29-19)30-21(24(25,26)27)18(13-28-30)22(31)32/h7-9,13,15H,10-12,14H2,1-6H3,(H,31,32). The third-order valence-corrected chi connectivity index (χ3v) is 11.3. The lowest BCUT2D eigenvalue weighted by Gasteiger charge is -2.37. The van der Waals surface area contributed by atoms with Crippen LogP contribution in [-0.2, 0) is 10.6 Å². The third-order valence-electron chi connectivity index (χ3n) is 6.86. The number of alkyl halides is 3. The zero-order valence-corrected chi connectivity index (χ0v) is 21.5. The second kappa shape index (κ2) is 9.29. The molecule has 0 bridgehead atoms. The van der Waals surface area contributed by atoms with E-state index in [1.165, 1.54) is 6.07 Å². The minimum atomic E-state index is -4.90. The van der Waals surface area contributed by atoms with Crippen molar-refractivity contribution < 1.29 is 27.5 Å². The van der Waals surface area contributed by atoms with Crippen molar-refractivity contribution in [3.05, 3.63) is 46.9 Å². The number of nitrogens with zero attached hydrogens (tertiary/aromatic N) is 3. The molecule has 1 aliphatic rings. The van der Waals surface area contributed by atoms with Gasteiger partial charge in [-0.1, -0.05) is 33.8 Å².